The van der Waals surface area contributed by atoms with Crippen molar-refractivity contribution in [1.82, 2.24) is 0 Å². The minimum Gasteiger partial charge on any atom is -0.222 e. The van der Waals surface area contributed by atoms with Crippen LogP contribution in [0, 0.1) is 17.2 Å². The van der Waals surface area contributed by atoms with Crippen molar-refractivity contribution in [2.75, 3.05) is 0 Å². The number of pyridine rings is 1. The van der Waals surface area contributed by atoms with Gasteiger partial charge in [0.15, 0.2) is 12.4 Å². The van der Waals surface area contributed by atoms with E-state index < -0.39 is 10.2 Å². The average molecular weight is 270 g/mol. The fraction of sp³-hybridized carbons (Fsp3) is 0.0833. The lowest BCUT2D eigenvalue weighted by Gasteiger charge is -2.17. The molecule has 1 aromatic carbocycles. The van der Waals surface area contributed by atoms with Crippen LogP contribution >= 0.6 is 0 Å². The Bertz CT molecular complexity index is 462. The van der Waals surface area contributed by atoms with Crippen LogP contribution in [-0.2, 0) is 0 Å². The maximum absolute atomic E-state index is 8.49. The Morgan fingerprint density at radius 1 is 0.833 bits per heavy atom. The third-order valence-corrected chi connectivity index (χ3v) is 2.05. The first-order valence-electron chi connectivity index (χ1n) is 5.01. The van der Waals surface area contributed by atoms with Gasteiger partial charge in [-0.2, -0.15) is 4.57 Å². The molecule has 0 spiro atoms. The zero-order valence-corrected chi connectivity index (χ0v) is 10.4. The van der Waals surface area contributed by atoms with Gasteiger partial charge in [-0.25, -0.2) is 18.6 Å². The number of nitrogens with zero attached hydrogens (tertiary/aromatic N) is 1. The van der Waals surface area contributed by atoms with Gasteiger partial charge in [0, 0.05) is 24.3 Å². The van der Waals surface area contributed by atoms with E-state index in [1.807, 2.05) is 30.6 Å². The SMILES string of the molecule is Cc1ccc(-[n+]2ccccc2)cc1.[O-][Cl+3]([O-])([O-])[O-]. The topological polar surface area (TPSA) is 96.1 Å². The summed E-state index contributed by atoms with van der Waals surface area (Å²) < 4.78 is 36.1. The molecule has 0 amide bonds. The van der Waals surface area contributed by atoms with E-state index in [1.165, 1.54) is 11.3 Å². The molecule has 18 heavy (non-hydrogen) atoms. The van der Waals surface area contributed by atoms with Gasteiger partial charge in [-0.15, -0.1) is 10.2 Å². The van der Waals surface area contributed by atoms with Crippen LogP contribution in [0.2, 0.25) is 0 Å². The zero-order valence-electron chi connectivity index (χ0n) is 9.65. The normalized spacial score (nSPS) is 10.5. The maximum Gasteiger partial charge on any atom is 0.210 e. The summed E-state index contributed by atoms with van der Waals surface area (Å²) in [5, 5.41) is 0. The molecule has 0 saturated carbocycles. The highest BCUT2D eigenvalue weighted by molar-refractivity contribution is 5.26. The highest BCUT2D eigenvalue weighted by Crippen LogP contribution is 2.01. The number of hydrogen-bond acceptors (Lipinski definition) is 4. The molecule has 0 aliphatic rings. The standard InChI is InChI=1S/C12H12N.ClHO4/c1-11-5-7-12(8-6-11)13-9-3-2-4-10-13;2-1(3,4)5/h2-10H,1H3;(H,2,3,4,5)/q+1;/p-1. The Morgan fingerprint density at radius 3 is 1.72 bits per heavy atom. The molecule has 6 heteroatoms. The fourth-order valence-electron chi connectivity index (χ4n) is 1.29. The molecule has 0 N–H and O–H groups in total. The van der Waals surface area contributed by atoms with Crippen LogP contribution in [0.25, 0.3) is 5.69 Å². The summed E-state index contributed by atoms with van der Waals surface area (Å²) in [4.78, 5) is 0. The molecule has 0 radical (unpaired) electrons. The number of halogens is 1. The van der Waals surface area contributed by atoms with E-state index in [0.717, 1.165) is 0 Å². The van der Waals surface area contributed by atoms with Crippen molar-refractivity contribution in [2.45, 2.75) is 6.92 Å². The molecular formula is C12H12ClNO4. The second kappa shape index (κ2) is 6.44. The first-order chi connectivity index (χ1) is 8.36. The van der Waals surface area contributed by atoms with Crippen molar-refractivity contribution in [3.63, 3.8) is 0 Å². The molecule has 0 atom stereocenters. The largest absolute Gasteiger partial charge is 0.222 e. The number of benzene rings is 1. The van der Waals surface area contributed by atoms with E-state index in [2.05, 4.69) is 35.8 Å². The Morgan fingerprint density at radius 2 is 1.28 bits per heavy atom. The zero-order chi connectivity index (χ0) is 13.6. The highest BCUT2D eigenvalue weighted by Gasteiger charge is 2.01. The summed E-state index contributed by atoms with van der Waals surface area (Å²) in [6.45, 7) is 2.10. The molecule has 1 heterocycles. The first-order valence-corrected chi connectivity index (χ1v) is 6.25. The summed E-state index contributed by atoms with van der Waals surface area (Å²) in [5.41, 5.74) is 2.49. The molecule has 0 fully saturated rings. The molecule has 96 valence electrons. The summed E-state index contributed by atoms with van der Waals surface area (Å²) >= 11 is 0. The van der Waals surface area contributed by atoms with Gasteiger partial charge < -0.3 is 0 Å². The second-order valence-electron chi connectivity index (χ2n) is 3.50. The number of aryl methyl sites for hydroxylation is 1. The van der Waals surface area contributed by atoms with E-state index in [4.69, 9.17) is 18.6 Å². The van der Waals surface area contributed by atoms with E-state index in [9.17, 15) is 0 Å². The summed E-state index contributed by atoms with van der Waals surface area (Å²) in [7, 11) is -4.94. The smallest absolute Gasteiger partial charge is 0.210 e. The fourth-order valence-corrected chi connectivity index (χ4v) is 1.29. The van der Waals surface area contributed by atoms with Gasteiger partial charge in [0.1, 0.15) is 0 Å². The van der Waals surface area contributed by atoms with Crippen LogP contribution in [0.3, 0.4) is 0 Å². The Labute approximate surface area is 107 Å². The van der Waals surface area contributed by atoms with Crippen molar-refractivity contribution in [3.05, 3.63) is 60.4 Å². The van der Waals surface area contributed by atoms with Crippen LogP contribution in [0.4, 0.5) is 0 Å². The first kappa shape index (κ1) is 14.6. The van der Waals surface area contributed by atoms with Gasteiger partial charge in [-0.1, -0.05) is 23.8 Å². The van der Waals surface area contributed by atoms with Crippen molar-refractivity contribution < 1.29 is 33.4 Å². The van der Waals surface area contributed by atoms with Crippen molar-refractivity contribution in [2.24, 2.45) is 0 Å². The molecule has 0 aliphatic carbocycles. The van der Waals surface area contributed by atoms with Crippen LogP contribution in [-0.4, -0.2) is 0 Å². The number of aromatic nitrogens is 1. The van der Waals surface area contributed by atoms with E-state index >= 15 is 0 Å². The molecule has 5 nitrogen and oxygen atoms in total. The molecule has 2 aromatic rings. The van der Waals surface area contributed by atoms with Gasteiger partial charge in [0.2, 0.25) is 5.69 Å². The van der Waals surface area contributed by atoms with Crippen LogP contribution in [0.1, 0.15) is 5.56 Å². The Hall–Kier alpha value is -1.50. The molecule has 0 saturated heterocycles. The van der Waals surface area contributed by atoms with Crippen molar-refractivity contribution in [3.8, 4) is 5.69 Å². The molecule has 0 unspecified atom stereocenters. The Kier molecular flexibility index (Phi) is 5.21. The van der Waals surface area contributed by atoms with Crippen molar-refractivity contribution in [1.29, 1.82) is 0 Å². The van der Waals surface area contributed by atoms with E-state index in [-0.39, 0.29) is 0 Å². The minimum absolute atomic E-state index is 1.20. The lowest BCUT2D eigenvalue weighted by atomic mass is 10.2. The number of hydrogen-bond donors (Lipinski definition) is 0. The lowest BCUT2D eigenvalue weighted by Crippen LogP contribution is -2.68. The number of rotatable bonds is 1. The average Bonchev–Trinajstić information content (AvgIpc) is 2.29. The van der Waals surface area contributed by atoms with E-state index in [1.54, 1.807) is 0 Å². The van der Waals surface area contributed by atoms with Gasteiger partial charge >= 0.3 is 0 Å². The Balaban J connectivity index is 0.000000280. The van der Waals surface area contributed by atoms with Gasteiger partial charge in [-0.05, 0) is 6.92 Å². The van der Waals surface area contributed by atoms with Crippen LogP contribution < -0.4 is 23.2 Å². The summed E-state index contributed by atoms with van der Waals surface area (Å²) in [6, 6.07) is 14.6. The molecule has 0 bridgehead atoms. The maximum atomic E-state index is 8.49. The van der Waals surface area contributed by atoms with Crippen LogP contribution in [0.5, 0.6) is 0 Å². The lowest BCUT2D eigenvalue weighted by molar-refractivity contribution is -2.00. The third kappa shape index (κ3) is 6.29. The monoisotopic (exact) mass is 269 g/mol. The summed E-state index contributed by atoms with van der Waals surface area (Å²) in [6.07, 6.45) is 4.09. The predicted octanol–water partition coefficient (Wildman–Crippen LogP) is -2.48. The third-order valence-electron chi connectivity index (χ3n) is 2.05. The second-order valence-corrected chi connectivity index (χ2v) is 4.25. The van der Waals surface area contributed by atoms with Gasteiger partial charge in [0.05, 0.1) is 0 Å². The molecule has 0 aliphatic heterocycles. The molecule has 1 aromatic heterocycles. The molecule has 2 rings (SSSR count). The highest BCUT2D eigenvalue weighted by atomic mass is 35.7. The van der Waals surface area contributed by atoms with Gasteiger partial charge in [-0.3, -0.25) is 0 Å². The van der Waals surface area contributed by atoms with Crippen LogP contribution in [0.15, 0.2) is 54.9 Å². The van der Waals surface area contributed by atoms with E-state index in [0.29, 0.717) is 0 Å². The minimum atomic E-state index is -4.94. The molecular weight excluding hydrogens is 258 g/mol. The van der Waals surface area contributed by atoms with Gasteiger partial charge in [0.25, 0.3) is 0 Å². The quantitative estimate of drug-likeness (QED) is 0.535. The predicted molar refractivity (Wildman–Crippen MR) is 52.7 cm³/mol. The summed E-state index contributed by atoms with van der Waals surface area (Å²) in [5.74, 6) is 0. The van der Waals surface area contributed by atoms with Crippen molar-refractivity contribution >= 4 is 0 Å².